The van der Waals surface area contributed by atoms with Gasteiger partial charge in [0.1, 0.15) is 6.54 Å². The minimum atomic E-state index is -0.647. The van der Waals surface area contributed by atoms with Gasteiger partial charge in [-0.15, -0.1) is 0 Å². The highest BCUT2D eigenvalue weighted by molar-refractivity contribution is 6.35. The molecule has 118 valence electrons. The molecule has 0 aromatic heterocycles. The van der Waals surface area contributed by atoms with E-state index in [2.05, 4.69) is 0 Å². The standard InChI is InChI=1S/C16H20N2O4/c1-3-22-14(19)11-18-9-8-17(15(20)16(18)21)10-13-6-4-12(2)5-7-13/h4-7H,3,8-11H2,1-2H3. The van der Waals surface area contributed by atoms with Crippen molar-refractivity contribution in [1.82, 2.24) is 9.80 Å². The van der Waals surface area contributed by atoms with Crippen LogP contribution >= 0.6 is 0 Å². The van der Waals surface area contributed by atoms with Crippen LogP contribution in [-0.4, -0.2) is 53.8 Å². The van der Waals surface area contributed by atoms with Crippen molar-refractivity contribution in [1.29, 1.82) is 0 Å². The van der Waals surface area contributed by atoms with Crippen molar-refractivity contribution in [3.8, 4) is 0 Å². The van der Waals surface area contributed by atoms with Crippen LogP contribution in [0.1, 0.15) is 18.1 Å². The minimum absolute atomic E-state index is 0.170. The molecule has 1 heterocycles. The molecular weight excluding hydrogens is 284 g/mol. The van der Waals surface area contributed by atoms with E-state index in [1.165, 1.54) is 9.80 Å². The van der Waals surface area contributed by atoms with Crippen LogP contribution in [0.25, 0.3) is 0 Å². The Hall–Kier alpha value is -2.37. The summed E-state index contributed by atoms with van der Waals surface area (Å²) in [5.74, 6) is -1.71. The van der Waals surface area contributed by atoms with E-state index in [1.54, 1.807) is 6.92 Å². The molecule has 1 saturated heterocycles. The first-order valence-corrected chi connectivity index (χ1v) is 7.30. The number of amides is 2. The summed E-state index contributed by atoms with van der Waals surface area (Å²) in [4.78, 5) is 38.4. The first kappa shape index (κ1) is 16.0. The summed E-state index contributed by atoms with van der Waals surface area (Å²) >= 11 is 0. The average Bonchev–Trinajstić information content (AvgIpc) is 2.49. The monoisotopic (exact) mass is 304 g/mol. The molecule has 2 rings (SSSR count). The summed E-state index contributed by atoms with van der Waals surface area (Å²) < 4.78 is 4.80. The maximum Gasteiger partial charge on any atom is 0.325 e. The van der Waals surface area contributed by atoms with Gasteiger partial charge in [-0.25, -0.2) is 0 Å². The number of esters is 1. The van der Waals surface area contributed by atoms with Gasteiger partial charge < -0.3 is 14.5 Å². The lowest BCUT2D eigenvalue weighted by atomic mass is 10.1. The Morgan fingerprint density at radius 3 is 2.32 bits per heavy atom. The van der Waals surface area contributed by atoms with Crippen molar-refractivity contribution in [3.05, 3.63) is 35.4 Å². The van der Waals surface area contributed by atoms with Crippen molar-refractivity contribution in [2.75, 3.05) is 26.2 Å². The molecule has 0 aliphatic carbocycles. The normalized spacial score (nSPS) is 15.2. The fraction of sp³-hybridized carbons (Fsp3) is 0.438. The molecule has 0 saturated carbocycles. The Balaban J connectivity index is 1.95. The van der Waals surface area contributed by atoms with Gasteiger partial charge in [-0.1, -0.05) is 29.8 Å². The van der Waals surface area contributed by atoms with Crippen molar-refractivity contribution >= 4 is 17.8 Å². The molecule has 22 heavy (non-hydrogen) atoms. The smallest absolute Gasteiger partial charge is 0.325 e. The number of hydrogen-bond donors (Lipinski definition) is 0. The molecule has 0 unspecified atom stereocenters. The van der Waals surface area contributed by atoms with Crippen molar-refractivity contribution < 1.29 is 19.1 Å². The fourth-order valence-corrected chi connectivity index (χ4v) is 2.29. The van der Waals surface area contributed by atoms with Crippen LogP contribution in [0.15, 0.2) is 24.3 Å². The molecule has 6 heteroatoms. The number of nitrogens with zero attached hydrogens (tertiary/aromatic N) is 2. The zero-order valence-electron chi connectivity index (χ0n) is 12.9. The Labute approximate surface area is 129 Å². The summed E-state index contributed by atoms with van der Waals surface area (Å²) in [6.07, 6.45) is 0. The molecule has 1 fully saturated rings. The quantitative estimate of drug-likeness (QED) is 0.594. The third-order valence-electron chi connectivity index (χ3n) is 3.52. The number of benzene rings is 1. The van der Waals surface area contributed by atoms with Crippen LogP contribution < -0.4 is 0 Å². The van der Waals surface area contributed by atoms with Crippen LogP contribution in [0.2, 0.25) is 0 Å². The number of carbonyl (C=O) groups is 3. The highest BCUT2D eigenvalue weighted by Crippen LogP contribution is 2.11. The van der Waals surface area contributed by atoms with Crippen LogP contribution in [0.4, 0.5) is 0 Å². The van der Waals surface area contributed by atoms with E-state index in [0.29, 0.717) is 19.6 Å². The first-order valence-electron chi connectivity index (χ1n) is 7.30. The second-order valence-corrected chi connectivity index (χ2v) is 5.24. The highest BCUT2D eigenvalue weighted by Gasteiger charge is 2.33. The lowest BCUT2D eigenvalue weighted by Gasteiger charge is -2.33. The Morgan fingerprint density at radius 2 is 1.68 bits per heavy atom. The zero-order chi connectivity index (χ0) is 16.1. The Morgan fingerprint density at radius 1 is 1.09 bits per heavy atom. The summed E-state index contributed by atoms with van der Waals surface area (Å²) in [6, 6.07) is 7.83. The summed E-state index contributed by atoms with van der Waals surface area (Å²) in [5.41, 5.74) is 2.12. The van der Waals surface area contributed by atoms with Gasteiger partial charge >= 0.3 is 17.8 Å². The molecule has 2 amide bonds. The van der Waals surface area contributed by atoms with Gasteiger partial charge in [0.05, 0.1) is 6.61 Å². The largest absolute Gasteiger partial charge is 0.465 e. The third-order valence-corrected chi connectivity index (χ3v) is 3.52. The molecule has 0 atom stereocenters. The Bertz CT molecular complexity index is 568. The lowest BCUT2D eigenvalue weighted by molar-refractivity contribution is -0.160. The predicted molar refractivity (Wildman–Crippen MR) is 79.8 cm³/mol. The van der Waals surface area contributed by atoms with E-state index in [-0.39, 0.29) is 13.2 Å². The molecule has 1 aliphatic rings. The van der Waals surface area contributed by atoms with Crippen LogP contribution in [0.3, 0.4) is 0 Å². The van der Waals surface area contributed by atoms with Crippen LogP contribution in [-0.2, 0) is 25.7 Å². The summed E-state index contributed by atoms with van der Waals surface area (Å²) in [7, 11) is 0. The van der Waals surface area contributed by atoms with E-state index in [9.17, 15) is 14.4 Å². The molecule has 1 aromatic rings. The van der Waals surface area contributed by atoms with Gasteiger partial charge in [0.15, 0.2) is 0 Å². The van der Waals surface area contributed by atoms with Crippen LogP contribution in [0.5, 0.6) is 0 Å². The summed E-state index contributed by atoms with van der Waals surface area (Å²) in [6.45, 7) is 4.94. The molecule has 1 aliphatic heterocycles. The van der Waals surface area contributed by atoms with E-state index < -0.39 is 17.8 Å². The number of hydrogen-bond acceptors (Lipinski definition) is 4. The zero-order valence-corrected chi connectivity index (χ0v) is 12.9. The van der Waals surface area contributed by atoms with E-state index in [1.807, 2.05) is 31.2 Å². The SMILES string of the molecule is CCOC(=O)CN1CCN(Cc2ccc(C)cc2)C(=O)C1=O. The molecule has 1 aromatic carbocycles. The molecule has 0 radical (unpaired) electrons. The van der Waals surface area contributed by atoms with Gasteiger partial charge in [0.2, 0.25) is 0 Å². The van der Waals surface area contributed by atoms with Crippen molar-refractivity contribution in [2.45, 2.75) is 20.4 Å². The topological polar surface area (TPSA) is 66.9 Å². The predicted octanol–water partition coefficient (Wildman–Crippen LogP) is 0.729. The average molecular weight is 304 g/mol. The highest BCUT2D eigenvalue weighted by atomic mass is 16.5. The first-order chi connectivity index (χ1) is 10.5. The third kappa shape index (κ3) is 3.84. The van der Waals surface area contributed by atoms with E-state index in [0.717, 1.165) is 11.1 Å². The number of ether oxygens (including phenoxy) is 1. The molecule has 0 N–H and O–H groups in total. The second kappa shape index (κ2) is 7.06. The lowest BCUT2D eigenvalue weighted by Crippen LogP contribution is -2.55. The Kier molecular flexibility index (Phi) is 5.14. The number of aryl methyl sites for hydroxylation is 1. The second-order valence-electron chi connectivity index (χ2n) is 5.24. The number of piperazine rings is 1. The minimum Gasteiger partial charge on any atom is -0.465 e. The summed E-state index contributed by atoms with van der Waals surface area (Å²) in [5, 5.41) is 0. The molecule has 6 nitrogen and oxygen atoms in total. The molecule has 0 spiro atoms. The fourth-order valence-electron chi connectivity index (χ4n) is 2.29. The molecule has 0 bridgehead atoms. The van der Waals surface area contributed by atoms with Crippen molar-refractivity contribution in [2.24, 2.45) is 0 Å². The van der Waals surface area contributed by atoms with Crippen LogP contribution in [0, 0.1) is 6.92 Å². The maximum atomic E-state index is 12.1. The van der Waals surface area contributed by atoms with Crippen molar-refractivity contribution in [3.63, 3.8) is 0 Å². The van der Waals surface area contributed by atoms with Gasteiger partial charge in [0.25, 0.3) is 0 Å². The maximum absolute atomic E-state index is 12.1. The molecular formula is C16H20N2O4. The van der Waals surface area contributed by atoms with Gasteiger partial charge in [-0.05, 0) is 19.4 Å². The van der Waals surface area contributed by atoms with Gasteiger partial charge in [-0.2, -0.15) is 0 Å². The van der Waals surface area contributed by atoms with E-state index in [4.69, 9.17) is 4.74 Å². The number of rotatable bonds is 5. The van der Waals surface area contributed by atoms with Gasteiger partial charge in [-0.3, -0.25) is 14.4 Å². The van der Waals surface area contributed by atoms with Gasteiger partial charge in [0, 0.05) is 19.6 Å². The number of carbonyl (C=O) groups excluding carboxylic acids is 3. The van der Waals surface area contributed by atoms with E-state index >= 15 is 0 Å².